The van der Waals surface area contributed by atoms with Gasteiger partial charge in [-0.05, 0) is 67.8 Å². The first-order chi connectivity index (χ1) is 13.7. The van der Waals surface area contributed by atoms with E-state index in [1.54, 1.807) is 36.9 Å². The van der Waals surface area contributed by atoms with Crippen molar-refractivity contribution in [1.82, 2.24) is 15.0 Å². The number of hydrogen-bond donors (Lipinski definition) is 4. The molecule has 1 heterocycles. The number of benzene rings is 2. The fourth-order valence-electron chi connectivity index (χ4n) is 3.77. The molecule has 3 unspecified atom stereocenters. The minimum atomic E-state index is 0.135. The van der Waals surface area contributed by atoms with E-state index in [4.69, 9.17) is 0 Å². The van der Waals surface area contributed by atoms with Crippen molar-refractivity contribution in [1.29, 1.82) is 0 Å². The lowest BCUT2D eigenvalue weighted by Gasteiger charge is -2.37. The van der Waals surface area contributed by atoms with E-state index in [0.717, 1.165) is 36.5 Å². The van der Waals surface area contributed by atoms with Crippen molar-refractivity contribution in [3.05, 3.63) is 67.0 Å². The van der Waals surface area contributed by atoms with E-state index in [2.05, 4.69) is 25.6 Å². The number of hydrogen-bond acceptors (Lipinski definition) is 7. The van der Waals surface area contributed by atoms with Crippen LogP contribution in [0, 0.1) is 0 Å². The van der Waals surface area contributed by atoms with Crippen LogP contribution < -0.4 is 10.6 Å². The second kappa shape index (κ2) is 8.12. The molecule has 0 spiro atoms. The molecule has 1 aromatic heterocycles. The number of phenols is 2. The van der Waals surface area contributed by atoms with Crippen LogP contribution >= 0.6 is 0 Å². The lowest BCUT2D eigenvalue weighted by Crippen LogP contribution is -2.40. The molecule has 7 nitrogen and oxygen atoms in total. The summed E-state index contributed by atoms with van der Waals surface area (Å²) in [6.45, 7) is 0. The minimum Gasteiger partial charge on any atom is -0.508 e. The molecule has 0 bridgehead atoms. The van der Waals surface area contributed by atoms with Gasteiger partial charge in [0.15, 0.2) is 0 Å². The normalized spacial score (nSPS) is 21.8. The number of aromatic nitrogens is 3. The van der Waals surface area contributed by atoms with Gasteiger partial charge in [0.2, 0.25) is 0 Å². The first-order valence-corrected chi connectivity index (χ1v) is 9.40. The first-order valence-electron chi connectivity index (χ1n) is 9.40. The molecule has 2 aromatic carbocycles. The number of nitrogens with one attached hydrogen (secondary N) is 2. The van der Waals surface area contributed by atoms with Gasteiger partial charge in [0.25, 0.3) is 0 Å². The average Bonchev–Trinajstić information content (AvgIpc) is 2.72. The summed E-state index contributed by atoms with van der Waals surface area (Å²) in [6.07, 6.45) is 5.90. The Kier molecular flexibility index (Phi) is 5.23. The lowest BCUT2D eigenvalue weighted by atomic mass is 9.80. The van der Waals surface area contributed by atoms with E-state index in [1.807, 2.05) is 24.3 Å². The van der Waals surface area contributed by atoms with Crippen LogP contribution in [-0.4, -0.2) is 37.2 Å². The SMILES string of the molecule is Oc1ccc(NC2CCC(c3ncncn3)C(Nc3ccc(O)cc3)C2)cc1. The maximum atomic E-state index is 9.54. The fourth-order valence-corrected chi connectivity index (χ4v) is 3.77. The Labute approximate surface area is 163 Å². The van der Waals surface area contributed by atoms with Crippen LogP contribution in [0.3, 0.4) is 0 Å². The zero-order chi connectivity index (χ0) is 19.3. The number of rotatable bonds is 5. The second-order valence-corrected chi connectivity index (χ2v) is 7.10. The standard InChI is InChI=1S/C21H23N5O2/c27-17-6-1-14(2-7-17)25-16-5-10-19(21-23-12-22-13-24-21)20(11-16)26-15-3-8-18(28)9-4-15/h1-4,6-9,12-13,16,19-20,25-28H,5,10-11H2. The van der Waals surface area contributed by atoms with Crippen LogP contribution in [0.15, 0.2) is 61.2 Å². The highest BCUT2D eigenvalue weighted by Crippen LogP contribution is 2.35. The summed E-state index contributed by atoms with van der Waals surface area (Å²) in [7, 11) is 0. The molecule has 7 heteroatoms. The van der Waals surface area contributed by atoms with E-state index in [9.17, 15) is 10.2 Å². The Morgan fingerprint density at radius 3 is 1.93 bits per heavy atom. The predicted octanol–water partition coefficient (Wildman–Crippen LogP) is 3.51. The van der Waals surface area contributed by atoms with Crippen LogP contribution in [-0.2, 0) is 0 Å². The van der Waals surface area contributed by atoms with Crippen molar-refractivity contribution < 1.29 is 10.2 Å². The highest BCUT2D eigenvalue weighted by Gasteiger charge is 2.33. The molecule has 0 radical (unpaired) electrons. The molecule has 4 rings (SSSR count). The van der Waals surface area contributed by atoms with E-state index >= 15 is 0 Å². The second-order valence-electron chi connectivity index (χ2n) is 7.10. The van der Waals surface area contributed by atoms with Crippen molar-refractivity contribution >= 4 is 11.4 Å². The summed E-state index contributed by atoms with van der Waals surface area (Å²) in [5, 5.41) is 26.2. The van der Waals surface area contributed by atoms with Crippen molar-refractivity contribution in [2.75, 3.05) is 10.6 Å². The van der Waals surface area contributed by atoms with Crippen LogP contribution in [0.25, 0.3) is 0 Å². The Bertz CT molecular complexity index is 887. The minimum absolute atomic E-state index is 0.135. The van der Waals surface area contributed by atoms with E-state index in [1.165, 1.54) is 0 Å². The molecular weight excluding hydrogens is 354 g/mol. The molecule has 1 saturated carbocycles. The summed E-state index contributed by atoms with van der Waals surface area (Å²) in [4.78, 5) is 12.7. The van der Waals surface area contributed by atoms with Crippen molar-refractivity contribution in [2.24, 2.45) is 0 Å². The van der Waals surface area contributed by atoms with E-state index in [0.29, 0.717) is 0 Å². The zero-order valence-corrected chi connectivity index (χ0v) is 15.4. The summed E-state index contributed by atoms with van der Waals surface area (Å²) in [5.41, 5.74) is 1.94. The summed E-state index contributed by atoms with van der Waals surface area (Å²) < 4.78 is 0. The Balaban J connectivity index is 1.52. The van der Waals surface area contributed by atoms with Crippen LogP contribution in [0.1, 0.15) is 31.0 Å². The zero-order valence-electron chi connectivity index (χ0n) is 15.4. The molecular formula is C21H23N5O2. The van der Waals surface area contributed by atoms with Gasteiger partial charge in [0.1, 0.15) is 30.0 Å². The molecule has 3 atom stereocenters. The quantitative estimate of drug-likeness (QED) is 0.505. The first kappa shape index (κ1) is 18.0. The highest BCUT2D eigenvalue weighted by atomic mass is 16.3. The highest BCUT2D eigenvalue weighted by molar-refractivity contribution is 5.49. The Hall–Kier alpha value is -3.35. The third kappa shape index (κ3) is 4.31. The number of anilines is 2. The van der Waals surface area contributed by atoms with Gasteiger partial charge < -0.3 is 20.8 Å². The third-order valence-corrected chi connectivity index (χ3v) is 5.15. The smallest absolute Gasteiger partial charge is 0.137 e. The number of aromatic hydroxyl groups is 2. The molecule has 0 saturated heterocycles. The van der Waals surface area contributed by atoms with Crippen molar-refractivity contribution in [3.63, 3.8) is 0 Å². The van der Waals surface area contributed by atoms with Crippen LogP contribution in [0.2, 0.25) is 0 Å². The van der Waals surface area contributed by atoms with Gasteiger partial charge in [-0.2, -0.15) is 0 Å². The number of nitrogens with zero attached hydrogens (tertiary/aromatic N) is 3. The van der Waals surface area contributed by atoms with Gasteiger partial charge in [-0.3, -0.25) is 0 Å². The monoisotopic (exact) mass is 377 g/mol. The molecule has 3 aromatic rings. The van der Waals surface area contributed by atoms with Gasteiger partial charge in [-0.1, -0.05) is 0 Å². The maximum absolute atomic E-state index is 9.54. The maximum Gasteiger partial charge on any atom is 0.137 e. The average molecular weight is 377 g/mol. The van der Waals surface area contributed by atoms with Gasteiger partial charge in [-0.15, -0.1) is 0 Å². The molecule has 4 N–H and O–H groups in total. The van der Waals surface area contributed by atoms with E-state index < -0.39 is 0 Å². The molecule has 28 heavy (non-hydrogen) atoms. The van der Waals surface area contributed by atoms with Gasteiger partial charge >= 0.3 is 0 Å². The molecule has 1 fully saturated rings. The molecule has 144 valence electrons. The Morgan fingerprint density at radius 1 is 0.750 bits per heavy atom. The molecule has 0 aliphatic heterocycles. The van der Waals surface area contributed by atoms with Crippen molar-refractivity contribution in [3.8, 4) is 11.5 Å². The van der Waals surface area contributed by atoms with Gasteiger partial charge in [0.05, 0.1) is 0 Å². The van der Waals surface area contributed by atoms with Crippen LogP contribution in [0.4, 0.5) is 11.4 Å². The molecule has 1 aliphatic rings. The fraction of sp³-hybridized carbons (Fsp3) is 0.286. The third-order valence-electron chi connectivity index (χ3n) is 5.15. The summed E-state index contributed by atoms with van der Waals surface area (Å²) in [5.74, 6) is 1.48. The van der Waals surface area contributed by atoms with Gasteiger partial charge in [-0.25, -0.2) is 15.0 Å². The number of phenolic OH excluding ortho intramolecular Hbond substituents is 2. The Morgan fingerprint density at radius 2 is 1.32 bits per heavy atom. The molecule has 1 aliphatic carbocycles. The topological polar surface area (TPSA) is 103 Å². The summed E-state index contributed by atoms with van der Waals surface area (Å²) in [6, 6.07) is 14.7. The molecule has 0 amide bonds. The van der Waals surface area contributed by atoms with E-state index in [-0.39, 0.29) is 29.5 Å². The van der Waals surface area contributed by atoms with Gasteiger partial charge in [0, 0.05) is 29.4 Å². The predicted molar refractivity (Wildman–Crippen MR) is 107 cm³/mol. The summed E-state index contributed by atoms with van der Waals surface area (Å²) >= 11 is 0. The van der Waals surface area contributed by atoms with Crippen LogP contribution in [0.5, 0.6) is 11.5 Å². The van der Waals surface area contributed by atoms with Crippen molar-refractivity contribution in [2.45, 2.75) is 37.3 Å². The lowest BCUT2D eigenvalue weighted by molar-refractivity contribution is 0.366. The largest absolute Gasteiger partial charge is 0.508 e.